The Morgan fingerprint density at radius 1 is 1.12 bits per heavy atom. The molecule has 24 heavy (non-hydrogen) atoms. The number of fused-ring (bicyclic) bond motifs is 1. The molecule has 5 heteroatoms. The third kappa shape index (κ3) is 3.26. The topological polar surface area (TPSA) is 68.0 Å². The molecule has 0 bridgehead atoms. The van der Waals surface area contributed by atoms with E-state index in [1.54, 1.807) is 0 Å². The summed E-state index contributed by atoms with van der Waals surface area (Å²) in [6.45, 7) is 7.90. The minimum absolute atomic E-state index is 0.153. The van der Waals surface area contributed by atoms with Crippen LogP contribution in [0.4, 0.5) is 5.69 Å². The van der Waals surface area contributed by atoms with Crippen molar-refractivity contribution in [2.45, 2.75) is 33.2 Å². The Morgan fingerprint density at radius 2 is 1.79 bits per heavy atom. The molecule has 3 aromatic rings. The molecule has 0 saturated carbocycles. The van der Waals surface area contributed by atoms with E-state index in [9.17, 15) is 4.79 Å². The Balaban J connectivity index is 2.02. The zero-order valence-electron chi connectivity index (χ0n) is 14.3. The molecule has 0 unspecified atom stereocenters. The fourth-order valence-corrected chi connectivity index (χ4v) is 3.44. The van der Waals surface area contributed by atoms with Gasteiger partial charge >= 0.3 is 0 Å². The van der Waals surface area contributed by atoms with Crippen LogP contribution in [0.1, 0.15) is 36.0 Å². The van der Waals surface area contributed by atoms with Gasteiger partial charge in [-0.15, -0.1) is 11.3 Å². The lowest BCUT2D eigenvalue weighted by Crippen LogP contribution is -2.40. The van der Waals surface area contributed by atoms with E-state index < -0.39 is 0 Å². The Bertz CT molecular complexity index is 905. The van der Waals surface area contributed by atoms with Gasteiger partial charge in [-0.2, -0.15) is 0 Å². The van der Waals surface area contributed by atoms with Gasteiger partial charge in [0.15, 0.2) is 0 Å². The minimum atomic E-state index is -0.305. The highest BCUT2D eigenvalue weighted by molar-refractivity contribution is 7.21. The molecule has 1 amide bonds. The van der Waals surface area contributed by atoms with Gasteiger partial charge in [0, 0.05) is 16.5 Å². The molecule has 2 heterocycles. The van der Waals surface area contributed by atoms with Crippen LogP contribution in [-0.2, 0) is 0 Å². The number of hydrogen-bond donors (Lipinski definition) is 2. The number of benzene rings is 1. The van der Waals surface area contributed by atoms with Crippen LogP contribution in [0.5, 0.6) is 0 Å². The monoisotopic (exact) mass is 339 g/mol. The number of nitrogens with one attached hydrogen (secondary N) is 1. The van der Waals surface area contributed by atoms with Gasteiger partial charge in [0.05, 0.1) is 11.4 Å². The summed E-state index contributed by atoms with van der Waals surface area (Å²) >= 11 is 1.34. The molecule has 0 aliphatic rings. The second-order valence-corrected chi connectivity index (χ2v) is 7.96. The van der Waals surface area contributed by atoms with Crippen molar-refractivity contribution in [2.75, 3.05) is 5.73 Å². The van der Waals surface area contributed by atoms with E-state index in [1.165, 1.54) is 16.9 Å². The smallest absolute Gasteiger partial charge is 0.263 e. The van der Waals surface area contributed by atoms with Crippen LogP contribution >= 0.6 is 11.3 Å². The van der Waals surface area contributed by atoms with Crippen molar-refractivity contribution in [3.05, 3.63) is 46.8 Å². The molecule has 3 N–H and O–H groups in total. The van der Waals surface area contributed by atoms with E-state index in [0.717, 1.165) is 21.5 Å². The fraction of sp³-hybridized carbons (Fsp3) is 0.263. The molecule has 0 atom stereocenters. The number of nitrogens with two attached hydrogens (primary N) is 1. The molecular weight excluding hydrogens is 318 g/mol. The third-order valence-electron chi connectivity index (χ3n) is 3.64. The molecule has 0 spiro atoms. The zero-order valence-corrected chi connectivity index (χ0v) is 15.1. The maximum atomic E-state index is 12.4. The number of aryl methyl sites for hydroxylation is 1. The molecule has 2 aromatic heterocycles. The summed E-state index contributed by atoms with van der Waals surface area (Å²) in [6.07, 6.45) is 0. The quantitative estimate of drug-likeness (QED) is 0.728. The number of carbonyl (C=O) groups is 1. The lowest BCUT2D eigenvalue weighted by atomic mass is 10.1. The summed E-state index contributed by atoms with van der Waals surface area (Å²) in [7, 11) is 0. The Morgan fingerprint density at radius 3 is 2.42 bits per heavy atom. The maximum Gasteiger partial charge on any atom is 0.263 e. The maximum absolute atomic E-state index is 12.4. The molecular formula is C19H21N3OS. The van der Waals surface area contributed by atoms with E-state index in [-0.39, 0.29) is 11.4 Å². The average Bonchev–Trinajstić information content (AvgIpc) is 2.83. The minimum Gasteiger partial charge on any atom is -0.397 e. The highest BCUT2D eigenvalue weighted by atomic mass is 32.1. The second-order valence-electron chi connectivity index (χ2n) is 6.96. The summed E-state index contributed by atoms with van der Waals surface area (Å²) in [4.78, 5) is 18.4. The summed E-state index contributed by atoms with van der Waals surface area (Å²) in [6, 6.07) is 12.1. The SMILES string of the molecule is Cc1ccc(-c2ccc3c(N)c(C(=O)NC(C)(C)C)sc3n2)cc1. The standard InChI is InChI=1S/C19H21N3OS/c1-11-5-7-12(8-6-11)14-10-9-13-15(20)16(24-18(13)21-14)17(23)22-19(2,3)4/h5-10H,20H2,1-4H3,(H,22,23). The van der Waals surface area contributed by atoms with Crippen molar-refractivity contribution in [1.29, 1.82) is 0 Å². The van der Waals surface area contributed by atoms with Gasteiger partial charge < -0.3 is 11.1 Å². The Hall–Kier alpha value is -2.40. The number of hydrogen-bond acceptors (Lipinski definition) is 4. The number of thiophene rings is 1. The molecule has 0 saturated heterocycles. The largest absolute Gasteiger partial charge is 0.397 e. The van der Waals surface area contributed by atoms with Crippen molar-refractivity contribution in [1.82, 2.24) is 10.3 Å². The predicted octanol–water partition coefficient (Wildman–Crippen LogP) is 4.38. The summed E-state index contributed by atoms with van der Waals surface area (Å²) < 4.78 is 0. The van der Waals surface area contributed by atoms with Crippen molar-refractivity contribution in [2.24, 2.45) is 0 Å². The number of nitrogens with zero attached hydrogens (tertiary/aromatic N) is 1. The van der Waals surface area contributed by atoms with Crippen LogP contribution in [0.3, 0.4) is 0 Å². The van der Waals surface area contributed by atoms with Gasteiger partial charge in [-0.05, 0) is 39.8 Å². The van der Waals surface area contributed by atoms with Crippen LogP contribution in [0, 0.1) is 6.92 Å². The molecule has 4 nitrogen and oxygen atoms in total. The van der Waals surface area contributed by atoms with Crippen LogP contribution in [0.2, 0.25) is 0 Å². The van der Waals surface area contributed by atoms with Crippen molar-refractivity contribution >= 4 is 33.1 Å². The lowest BCUT2D eigenvalue weighted by Gasteiger charge is -2.19. The normalized spacial score (nSPS) is 11.7. The fourth-order valence-electron chi connectivity index (χ4n) is 2.45. The van der Waals surface area contributed by atoms with E-state index in [4.69, 9.17) is 10.7 Å². The number of aromatic nitrogens is 1. The third-order valence-corrected chi connectivity index (χ3v) is 4.75. The number of amides is 1. The predicted molar refractivity (Wildman–Crippen MR) is 101 cm³/mol. The van der Waals surface area contributed by atoms with Gasteiger partial charge in [0.25, 0.3) is 5.91 Å². The zero-order chi connectivity index (χ0) is 17.5. The Labute approximate surface area is 145 Å². The summed E-state index contributed by atoms with van der Waals surface area (Å²) in [5, 5.41) is 3.78. The number of nitrogen functional groups attached to an aromatic ring is 1. The molecule has 0 radical (unpaired) electrons. The van der Waals surface area contributed by atoms with Gasteiger partial charge in [0.2, 0.25) is 0 Å². The first kappa shape index (κ1) is 16.5. The van der Waals surface area contributed by atoms with Crippen molar-refractivity contribution < 1.29 is 4.79 Å². The van der Waals surface area contributed by atoms with Gasteiger partial charge in [-0.25, -0.2) is 4.98 Å². The Kier molecular flexibility index (Phi) is 4.05. The first-order valence-corrected chi connectivity index (χ1v) is 8.65. The van der Waals surface area contributed by atoms with Crippen LogP contribution < -0.4 is 11.1 Å². The molecule has 124 valence electrons. The molecule has 0 aliphatic heterocycles. The van der Waals surface area contributed by atoms with Crippen LogP contribution in [-0.4, -0.2) is 16.4 Å². The van der Waals surface area contributed by atoms with Gasteiger partial charge in [0.1, 0.15) is 9.71 Å². The number of anilines is 1. The first-order valence-electron chi connectivity index (χ1n) is 7.83. The summed E-state index contributed by atoms with van der Waals surface area (Å²) in [5.74, 6) is -0.153. The molecule has 0 fully saturated rings. The van der Waals surface area contributed by atoms with E-state index in [2.05, 4.69) is 24.4 Å². The lowest BCUT2D eigenvalue weighted by molar-refractivity contribution is 0.0924. The van der Waals surface area contributed by atoms with E-state index in [0.29, 0.717) is 10.6 Å². The van der Waals surface area contributed by atoms with E-state index in [1.807, 2.05) is 45.0 Å². The van der Waals surface area contributed by atoms with Crippen LogP contribution in [0.25, 0.3) is 21.5 Å². The first-order chi connectivity index (χ1) is 11.2. The number of carbonyl (C=O) groups excluding carboxylic acids is 1. The average molecular weight is 339 g/mol. The summed E-state index contributed by atoms with van der Waals surface area (Å²) in [5.41, 5.74) is 9.51. The van der Waals surface area contributed by atoms with Crippen molar-refractivity contribution in [3.8, 4) is 11.3 Å². The number of pyridine rings is 1. The van der Waals surface area contributed by atoms with Crippen molar-refractivity contribution in [3.63, 3.8) is 0 Å². The highest BCUT2D eigenvalue weighted by Crippen LogP contribution is 2.34. The second kappa shape index (κ2) is 5.91. The molecule has 3 rings (SSSR count). The van der Waals surface area contributed by atoms with Gasteiger partial charge in [-0.1, -0.05) is 29.8 Å². The molecule has 1 aromatic carbocycles. The van der Waals surface area contributed by atoms with Gasteiger partial charge in [-0.3, -0.25) is 4.79 Å². The van der Waals surface area contributed by atoms with Crippen LogP contribution in [0.15, 0.2) is 36.4 Å². The van der Waals surface area contributed by atoms with E-state index >= 15 is 0 Å². The molecule has 0 aliphatic carbocycles. The highest BCUT2D eigenvalue weighted by Gasteiger charge is 2.21. The number of rotatable bonds is 2.